The molecule has 8 bridgehead atoms. The number of carboxylic acid groups (broad SMARTS) is 2. The van der Waals surface area contributed by atoms with Crippen LogP contribution >= 0.6 is 0 Å². The first-order chi connectivity index (χ1) is 21.8. The van der Waals surface area contributed by atoms with Crippen LogP contribution in [0.1, 0.15) is 84.2 Å². The first kappa shape index (κ1) is 32.8. The topological polar surface area (TPSA) is 213 Å². The SMILES string of the molecule is CC1=C(CCC(=O)O)c2cc3[nH]c(cc4[nH]c(cc5nc(cc1n2)C(C(O)CO)=C5C)c(C(O)CO)c4C)c(C)c3CCC(=O)O. The van der Waals surface area contributed by atoms with Crippen molar-refractivity contribution in [2.75, 3.05) is 13.2 Å². The van der Waals surface area contributed by atoms with Crippen molar-refractivity contribution in [1.82, 2.24) is 19.9 Å². The molecule has 0 spiro atoms. The average Bonchev–Trinajstić information content (AvgIpc) is 3.67. The molecule has 2 unspecified atom stereocenters. The molecule has 3 aromatic rings. The summed E-state index contributed by atoms with van der Waals surface area (Å²) in [6.45, 7) is 6.24. The molecule has 2 aliphatic rings. The molecule has 0 saturated heterocycles. The van der Waals surface area contributed by atoms with Crippen molar-refractivity contribution >= 4 is 56.3 Å². The molecule has 0 radical (unpaired) electrons. The van der Waals surface area contributed by atoms with Crippen molar-refractivity contribution in [2.45, 2.75) is 65.6 Å². The van der Waals surface area contributed by atoms with Crippen LogP contribution in [-0.4, -0.2) is 81.8 Å². The van der Waals surface area contributed by atoms with Crippen molar-refractivity contribution in [2.24, 2.45) is 0 Å². The monoisotopic (exact) mass is 630 g/mol. The lowest BCUT2D eigenvalue weighted by Gasteiger charge is -2.10. The second-order valence-corrected chi connectivity index (χ2v) is 11.7. The molecule has 12 nitrogen and oxygen atoms in total. The molecule has 3 aromatic heterocycles. The van der Waals surface area contributed by atoms with Gasteiger partial charge in [-0.1, -0.05) is 0 Å². The van der Waals surface area contributed by atoms with Gasteiger partial charge in [-0.3, -0.25) is 9.59 Å². The zero-order chi connectivity index (χ0) is 33.4. The van der Waals surface area contributed by atoms with Crippen LogP contribution in [0.15, 0.2) is 24.3 Å². The summed E-state index contributed by atoms with van der Waals surface area (Å²) in [6.07, 6.45) is -2.24. The number of hydrogen-bond acceptors (Lipinski definition) is 8. The minimum absolute atomic E-state index is 0.106. The van der Waals surface area contributed by atoms with E-state index in [0.29, 0.717) is 72.7 Å². The average molecular weight is 631 g/mol. The number of aliphatic hydroxyl groups excluding tert-OH is 4. The number of hydrogen-bond donors (Lipinski definition) is 8. The first-order valence-corrected chi connectivity index (χ1v) is 15.0. The summed E-state index contributed by atoms with van der Waals surface area (Å²) in [5, 5.41) is 60.4. The molecule has 5 heterocycles. The van der Waals surface area contributed by atoms with Crippen LogP contribution < -0.4 is 0 Å². The van der Waals surface area contributed by atoms with E-state index in [-0.39, 0.29) is 25.7 Å². The maximum absolute atomic E-state index is 11.6. The summed E-state index contributed by atoms with van der Waals surface area (Å²) in [5.41, 5.74) is 9.52. The second kappa shape index (κ2) is 13.0. The lowest BCUT2D eigenvalue weighted by atomic mass is 9.98. The summed E-state index contributed by atoms with van der Waals surface area (Å²) in [4.78, 5) is 39.6. The molecule has 12 heteroatoms. The minimum atomic E-state index is -1.25. The van der Waals surface area contributed by atoms with E-state index < -0.39 is 37.4 Å². The Morgan fingerprint density at radius 3 is 1.89 bits per heavy atom. The van der Waals surface area contributed by atoms with E-state index in [1.807, 2.05) is 26.8 Å². The number of aromatic nitrogens is 4. The maximum Gasteiger partial charge on any atom is 0.303 e. The molecule has 46 heavy (non-hydrogen) atoms. The predicted octanol–water partition coefficient (Wildman–Crippen LogP) is 4.05. The Morgan fingerprint density at radius 2 is 1.24 bits per heavy atom. The van der Waals surface area contributed by atoms with Crippen molar-refractivity contribution < 1.29 is 40.2 Å². The van der Waals surface area contributed by atoms with Crippen molar-refractivity contribution in [1.29, 1.82) is 0 Å². The van der Waals surface area contributed by atoms with Gasteiger partial charge >= 0.3 is 11.9 Å². The Morgan fingerprint density at radius 1 is 0.674 bits per heavy atom. The van der Waals surface area contributed by atoms with E-state index in [9.17, 15) is 40.2 Å². The van der Waals surface area contributed by atoms with Gasteiger partial charge in [0.2, 0.25) is 0 Å². The standard InChI is InChI=1S/C34H38N4O8/c1-15-19(5-7-31(43)44)25-12-26-20(6-8-32(45)46)16(2)22(36-26)10-27-34(30(42)14-40)18(4)24(38-27)11-28-33(29(41)13-39)17(3)23(37-28)9-21(15)35-25/h9-12,29-30,35,37,39-42H,5-8,13-14H2,1-4H3,(H,43,44)(H,45,46). The molecular weight excluding hydrogens is 592 g/mol. The van der Waals surface area contributed by atoms with Crippen molar-refractivity contribution in [3.8, 4) is 0 Å². The fourth-order valence-corrected chi connectivity index (χ4v) is 6.28. The number of aryl methyl sites for hydroxylation is 3. The number of carbonyl (C=O) groups is 2. The fourth-order valence-electron chi connectivity index (χ4n) is 6.28. The number of nitrogens with zero attached hydrogens (tertiary/aromatic N) is 2. The van der Waals surface area contributed by atoms with Crippen LogP contribution in [0.5, 0.6) is 0 Å². The van der Waals surface area contributed by atoms with Gasteiger partial charge in [0, 0.05) is 46.0 Å². The number of aliphatic hydroxyl groups is 4. The lowest BCUT2D eigenvalue weighted by molar-refractivity contribution is -0.137. The van der Waals surface area contributed by atoms with Gasteiger partial charge in [0.25, 0.3) is 0 Å². The summed E-state index contributed by atoms with van der Waals surface area (Å²) in [7, 11) is 0. The highest BCUT2D eigenvalue weighted by Crippen LogP contribution is 2.38. The zero-order valence-corrected chi connectivity index (χ0v) is 26.1. The molecule has 0 saturated carbocycles. The lowest BCUT2D eigenvalue weighted by Crippen LogP contribution is -2.14. The van der Waals surface area contributed by atoms with E-state index in [4.69, 9.17) is 9.97 Å². The van der Waals surface area contributed by atoms with Crippen LogP contribution in [0.4, 0.5) is 0 Å². The normalized spacial score (nSPS) is 14.6. The van der Waals surface area contributed by atoms with Crippen LogP contribution in [0.3, 0.4) is 0 Å². The number of aliphatic carboxylic acids is 2. The Labute approximate surface area is 264 Å². The third-order valence-corrected chi connectivity index (χ3v) is 8.82. The van der Waals surface area contributed by atoms with Gasteiger partial charge in [0.15, 0.2) is 0 Å². The van der Waals surface area contributed by atoms with Crippen LogP contribution in [0.25, 0.3) is 44.4 Å². The fraction of sp³-hybridized carbons (Fsp3) is 0.353. The third-order valence-electron chi connectivity index (χ3n) is 8.82. The summed E-state index contributed by atoms with van der Waals surface area (Å²) >= 11 is 0. The van der Waals surface area contributed by atoms with Crippen LogP contribution in [0.2, 0.25) is 0 Å². The smallest absolute Gasteiger partial charge is 0.303 e. The van der Waals surface area contributed by atoms with Gasteiger partial charge in [0.1, 0.15) is 12.2 Å². The van der Waals surface area contributed by atoms with Gasteiger partial charge in [-0.15, -0.1) is 0 Å². The molecular formula is C34H38N4O8. The van der Waals surface area contributed by atoms with E-state index in [1.165, 1.54) is 0 Å². The summed E-state index contributed by atoms with van der Waals surface area (Å²) < 4.78 is 0. The Balaban J connectivity index is 1.96. The highest BCUT2D eigenvalue weighted by Gasteiger charge is 2.26. The number of allylic oxidation sites excluding steroid dienone is 3. The Hall–Kier alpha value is -4.62. The van der Waals surface area contributed by atoms with E-state index in [0.717, 1.165) is 16.7 Å². The summed E-state index contributed by atoms with van der Waals surface area (Å²) in [5.74, 6) is -1.91. The largest absolute Gasteiger partial charge is 0.481 e. The molecule has 2 aliphatic heterocycles. The van der Waals surface area contributed by atoms with Crippen LogP contribution in [0, 0.1) is 13.8 Å². The molecule has 242 valence electrons. The zero-order valence-electron chi connectivity index (χ0n) is 26.1. The molecule has 8 N–H and O–H groups in total. The van der Waals surface area contributed by atoms with Gasteiger partial charge < -0.3 is 40.6 Å². The molecule has 2 atom stereocenters. The van der Waals surface area contributed by atoms with Gasteiger partial charge in [-0.05, 0) is 98.2 Å². The number of fused-ring (bicyclic) bond motifs is 8. The van der Waals surface area contributed by atoms with Crippen LogP contribution in [-0.2, 0) is 16.0 Å². The highest BCUT2D eigenvalue weighted by atomic mass is 16.4. The second-order valence-electron chi connectivity index (χ2n) is 11.7. The van der Waals surface area contributed by atoms with Crippen molar-refractivity contribution in [3.05, 3.63) is 69.3 Å². The number of aromatic amines is 2. The Bertz CT molecular complexity index is 1970. The van der Waals surface area contributed by atoms with E-state index >= 15 is 0 Å². The molecule has 0 fully saturated rings. The molecule has 5 rings (SSSR count). The number of carboxylic acids is 2. The Kier molecular flexibility index (Phi) is 9.27. The molecule has 0 aromatic carbocycles. The van der Waals surface area contributed by atoms with Gasteiger partial charge in [-0.25, -0.2) is 9.97 Å². The quantitative estimate of drug-likeness (QED) is 0.161. The first-order valence-electron chi connectivity index (χ1n) is 15.0. The molecule has 0 aliphatic carbocycles. The van der Waals surface area contributed by atoms with Crippen molar-refractivity contribution in [3.63, 3.8) is 0 Å². The number of H-pyrrole nitrogens is 2. The number of nitrogens with one attached hydrogen (secondary N) is 2. The van der Waals surface area contributed by atoms with Gasteiger partial charge in [-0.2, -0.15) is 0 Å². The minimum Gasteiger partial charge on any atom is -0.481 e. The maximum atomic E-state index is 11.6. The highest BCUT2D eigenvalue weighted by molar-refractivity contribution is 5.97. The molecule has 0 amide bonds. The van der Waals surface area contributed by atoms with E-state index in [1.54, 1.807) is 25.1 Å². The number of rotatable bonds is 10. The third kappa shape index (κ3) is 6.12. The summed E-state index contributed by atoms with van der Waals surface area (Å²) in [6, 6.07) is 7.07. The van der Waals surface area contributed by atoms with Gasteiger partial charge in [0.05, 0.1) is 36.0 Å². The predicted molar refractivity (Wildman–Crippen MR) is 173 cm³/mol. The van der Waals surface area contributed by atoms with E-state index in [2.05, 4.69) is 9.97 Å².